The molecule has 1 N–H and O–H groups in total. The predicted octanol–water partition coefficient (Wildman–Crippen LogP) is 3.05. The van der Waals surface area contributed by atoms with Crippen LogP contribution >= 0.6 is 11.3 Å². The van der Waals surface area contributed by atoms with Crippen molar-refractivity contribution in [2.24, 2.45) is 0 Å². The number of amides is 1. The summed E-state index contributed by atoms with van der Waals surface area (Å²) in [4.78, 5) is 29.1. The van der Waals surface area contributed by atoms with Gasteiger partial charge in [-0.1, -0.05) is 6.92 Å². The average molecular weight is 304 g/mol. The number of carbonyl (C=O) groups is 2. The van der Waals surface area contributed by atoms with Gasteiger partial charge in [-0.25, -0.2) is 4.79 Å². The summed E-state index contributed by atoms with van der Waals surface area (Å²) in [6.07, 6.45) is 3.78. The second kappa shape index (κ2) is 6.49. The number of hydrogen-bond donors (Lipinski definition) is 1. The lowest BCUT2D eigenvalue weighted by Crippen LogP contribution is -2.14. The van der Waals surface area contributed by atoms with Crippen molar-refractivity contribution >= 4 is 28.2 Å². The van der Waals surface area contributed by atoms with E-state index < -0.39 is 5.97 Å². The standard InChI is InChI=1S/C15H16N2O3S/c1-4-11-9(2)21-14(12(11)15(19)20-3)17-13(18)10-6-5-7-16-8-10/h5-8H,4H2,1-3H3,(H,17,18). The number of nitrogens with one attached hydrogen (secondary N) is 1. The van der Waals surface area contributed by atoms with E-state index in [1.807, 2.05) is 13.8 Å². The summed E-state index contributed by atoms with van der Waals surface area (Å²) in [6, 6.07) is 3.36. The molecule has 0 spiro atoms. The molecule has 0 saturated heterocycles. The van der Waals surface area contributed by atoms with Crippen LogP contribution in [0.3, 0.4) is 0 Å². The Morgan fingerprint density at radius 2 is 2.19 bits per heavy atom. The molecule has 2 aromatic rings. The first-order valence-corrected chi connectivity index (χ1v) is 7.32. The molecule has 0 radical (unpaired) electrons. The Morgan fingerprint density at radius 1 is 1.43 bits per heavy atom. The van der Waals surface area contributed by atoms with Crippen LogP contribution in [0.4, 0.5) is 5.00 Å². The van der Waals surface area contributed by atoms with Gasteiger partial charge in [0.25, 0.3) is 5.91 Å². The van der Waals surface area contributed by atoms with Crippen molar-refractivity contribution in [1.29, 1.82) is 0 Å². The van der Waals surface area contributed by atoms with Gasteiger partial charge in [0.05, 0.1) is 18.2 Å². The van der Waals surface area contributed by atoms with E-state index in [2.05, 4.69) is 10.3 Å². The summed E-state index contributed by atoms with van der Waals surface area (Å²) in [7, 11) is 1.33. The highest BCUT2D eigenvalue weighted by molar-refractivity contribution is 7.16. The number of anilines is 1. The molecule has 110 valence electrons. The number of esters is 1. The zero-order chi connectivity index (χ0) is 15.4. The average Bonchev–Trinajstić information content (AvgIpc) is 2.82. The number of ether oxygens (including phenoxy) is 1. The molecule has 0 aliphatic heterocycles. The predicted molar refractivity (Wildman–Crippen MR) is 82.0 cm³/mol. The number of rotatable bonds is 4. The molecule has 21 heavy (non-hydrogen) atoms. The normalized spacial score (nSPS) is 10.2. The smallest absolute Gasteiger partial charge is 0.341 e. The summed E-state index contributed by atoms with van der Waals surface area (Å²) in [5, 5.41) is 3.29. The van der Waals surface area contributed by atoms with Crippen molar-refractivity contribution in [3.63, 3.8) is 0 Å². The lowest BCUT2D eigenvalue weighted by molar-refractivity contribution is 0.0601. The van der Waals surface area contributed by atoms with E-state index in [0.717, 1.165) is 10.4 Å². The van der Waals surface area contributed by atoms with Gasteiger partial charge in [-0.3, -0.25) is 9.78 Å². The zero-order valence-corrected chi connectivity index (χ0v) is 12.9. The maximum Gasteiger partial charge on any atom is 0.341 e. The van der Waals surface area contributed by atoms with Crippen LogP contribution < -0.4 is 5.32 Å². The van der Waals surface area contributed by atoms with E-state index in [9.17, 15) is 9.59 Å². The Labute approximate surface area is 127 Å². The summed E-state index contributed by atoms with van der Waals surface area (Å²) >= 11 is 1.38. The fourth-order valence-electron chi connectivity index (χ4n) is 2.08. The number of nitrogens with zero attached hydrogens (tertiary/aromatic N) is 1. The largest absolute Gasteiger partial charge is 0.465 e. The lowest BCUT2D eigenvalue weighted by Gasteiger charge is -2.06. The number of aryl methyl sites for hydroxylation is 1. The molecule has 0 saturated carbocycles. The summed E-state index contributed by atoms with van der Waals surface area (Å²) in [5.41, 5.74) is 1.80. The van der Waals surface area contributed by atoms with E-state index >= 15 is 0 Å². The quantitative estimate of drug-likeness (QED) is 0.881. The molecule has 6 heteroatoms. The van der Waals surface area contributed by atoms with Gasteiger partial charge in [0.15, 0.2) is 0 Å². The highest BCUT2D eigenvalue weighted by atomic mass is 32.1. The Kier molecular flexibility index (Phi) is 4.70. The third kappa shape index (κ3) is 3.11. The monoisotopic (exact) mass is 304 g/mol. The van der Waals surface area contributed by atoms with Crippen molar-refractivity contribution < 1.29 is 14.3 Å². The highest BCUT2D eigenvalue weighted by Gasteiger charge is 2.23. The Balaban J connectivity index is 2.36. The molecule has 2 aromatic heterocycles. The first-order valence-electron chi connectivity index (χ1n) is 6.50. The van der Waals surface area contributed by atoms with Gasteiger partial charge >= 0.3 is 5.97 Å². The molecular weight excluding hydrogens is 288 g/mol. The lowest BCUT2D eigenvalue weighted by atomic mass is 10.1. The summed E-state index contributed by atoms with van der Waals surface area (Å²) < 4.78 is 4.82. The summed E-state index contributed by atoms with van der Waals surface area (Å²) in [5.74, 6) is -0.727. The molecule has 0 aliphatic carbocycles. The molecule has 0 aromatic carbocycles. The molecule has 0 aliphatic rings. The molecule has 2 heterocycles. The van der Waals surface area contributed by atoms with Crippen molar-refractivity contribution in [3.05, 3.63) is 46.1 Å². The van der Waals surface area contributed by atoms with E-state index in [-0.39, 0.29) is 5.91 Å². The Bertz CT molecular complexity index is 665. The molecular formula is C15H16N2O3S. The van der Waals surface area contributed by atoms with Crippen molar-refractivity contribution in [2.75, 3.05) is 12.4 Å². The third-order valence-corrected chi connectivity index (χ3v) is 4.17. The van der Waals surface area contributed by atoms with Gasteiger partial charge in [-0.2, -0.15) is 0 Å². The molecule has 1 amide bonds. The van der Waals surface area contributed by atoms with Gasteiger partial charge in [0.2, 0.25) is 0 Å². The third-order valence-electron chi connectivity index (χ3n) is 3.10. The maximum atomic E-state index is 12.2. The number of aromatic nitrogens is 1. The second-order valence-electron chi connectivity index (χ2n) is 4.38. The van der Waals surface area contributed by atoms with Crippen molar-refractivity contribution in [3.8, 4) is 0 Å². The number of methoxy groups -OCH3 is 1. The number of hydrogen-bond acceptors (Lipinski definition) is 5. The van der Waals surface area contributed by atoms with E-state index in [1.165, 1.54) is 24.6 Å². The molecule has 0 unspecified atom stereocenters. The van der Waals surface area contributed by atoms with Crippen LogP contribution in [0.1, 0.15) is 38.1 Å². The number of carbonyl (C=O) groups excluding carboxylic acids is 2. The number of pyridine rings is 1. The minimum Gasteiger partial charge on any atom is -0.465 e. The van der Waals surface area contributed by atoms with Gasteiger partial charge in [0, 0.05) is 17.3 Å². The van der Waals surface area contributed by atoms with Crippen molar-refractivity contribution in [2.45, 2.75) is 20.3 Å². The van der Waals surface area contributed by atoms with E-state index in [4.69, 9.17) is 4.74 Å². The van der Waals surface area contributed by atoms with E-state index in [0.29, 0.717) is 22.5 Å². The second-order valence-corrected chi connectivity index (χ2v) is 5.61. The maximum absolute atomic E-state index is 12.2. The molecule has 0 fully saturated rings. The Morgan fingerprint density at radius 3 is 2.76 bits per heavy atom. The van der Waals surface area contributed by atoms with Crippen LogP contribution in [-0.2, 0) is 11.2 Å². The van der Waals surface area contributed by atoms with Crippen molar-refractivity contribution in [1.82, 2.24) is 4.98 Å². The summed E-state index contributed by atoms with van der Waals surface area (Å²) in [6.45, 7) is 3.89. The zero-order valence-electron chi connectivity index (χ0n) is 12.1. The highest BCUT2D eigenvalue weighted by Crippen LogP contribution is 2.34. The number of thiophene rings is 1. The minimum absolute atomic E-state index is 0.294. The molecule has 5 nitrogen and oxygen atoms in total. The van der Waals surface area contributed by atoms with Crippen LogP contribution in [0.25, 0.3) is 0 Å². The SMILES string of the molecule is CCc1c(C)sc(NC(=O)c2cccnc2)c1C(=O)OC. The van der Waals surface area contributed by atoms with E-state index in [1.54, 1.807) is 18.3 Å². The first-order chi connectivity index (χ1) is 10.1. The van der Waals surface area contributed by atoms with Crippen LogP contribution in [0, 0.1) is 6.92 Å². The van der Waals surface area contributed by atoms with Gasteiger partial charge in [-0.15, -0.1) is 11.3 Å². The van der Waals surface area contributed by atoms with Crippen LogP contribution in [0.2, 0.25) is 0 Å². The van der Waals surface area contributed by atoms with Crippen LogP contribution in [-0.4, -0.2) is 24.0 Å². The fraction of sp³-hybridized carbons (Fsp3) is 0.267. The topological polar surface area (TPSA) is 68.3 Å². The minimum atomic E-state index is -0.433. The van der Waals surface area contributed by atoms with Gasteiger partial charge in [0.1, 0.15) is 5.00 Å². The van der Waals surface area contributed by atoms with Crippen LogP contribution in [0.5, 0.6) is 0 Å². The molecule has 2 rings (SSSR count). The molecule has 0 atom stereocenters. The van der Waals surface area contributed by atoms with Gasteiger partial charge in [-0.05, 0) is 31.0 Å². The first kappa shape index (κ1) is 15.2. The van der Waals surface area contributed by atoms with Crippen LogP contribution in [0.15, 0.2) is 24.5 Å². The fourth-order valence-corrected chi connectivity index (χ4v) is 3.21. The molecule has 0 bridgehead atoms. The Hall–Kier alpha value is -2.21. The van der Waals surface area contributed by atoms with Gasteiger partial charge < -0.3 is 10.1 Å².